The van der Waals surface area contributed by atoms with Gasteiger partial charge in [0.1, 0.15) is 4.90 Å². The molecule has 3 rings (SSSR count). The lowest BCUT2D eigenvalue weighted by molar-refractivity contribution is 0.0696. The van der Waals surface area contributed by atoms with Crippen molar-refractivity contribution in [1.29, 1.82) is 0 Å². The average Bonchev–Trinajstić information content (AvgIpc) is 2.68. The van der Waals surface area contributed by atoms with Crippen LogP contribution in [0.15, 0.2) is 23.1 Å². The molecule has 5 nitrogen and oxygen atoms in total. The Bertz CT molecular complexity index is 754. The maximum Gasteiger partial charge on any atom is 0.253 e. The van der Waals surface area contributed by atoms with Crippen LogP contribution in [0.4, 0.5) is 0 Å². The SMILES string of the molecule is CN(C(=O)c1ccc(Cl)c(S(=O)(=O)N2CCCCC2)c1)C1CCCCC1. The zero-order chi connectivity index (χ0) is 18.7. The van der Waals surface area contributed by atoms with Gasteiger partial charge in [0.25, 0.3) is 5.91 Å². The second kappa shape index (κ2) is 8.28. The van der Waals surface area contributed by atoms with Crippen molar-refractivity contribution >= 4 is 27.5 Å². The summed E-state index contributed by atoms with van der Waals surface area (Å²) in [5.74, 6) is -0.135. The van der Waals surface area contributed by atoms with Gasteiger partial charge in [0, 0.05) is 31.7 Å². The molecule has 7 heteroatoms. The second-order valence-corrected chi connectivity index (χ2v) is 9.63. The largest absolute Gasteiger partial charge is 0.339 e. The number of carbonyl (C=O) groups excluding carboxylic acids is 1. The highest BCUT2D eigenvalue weighted by atomic mass is 35.5. The third-order valence-corrected chi connectivity index (χ3v) is 7.93. The Hall–Kier alpha value is -1.11. The Kier molecular flexibility index (Phi) is 6.25. The Morgan fingerprint density at radius 2 is 1.69 bits per heavy atom. The van der Waals surface area contributed by atoms with Gasteiger partial charge in [-0.25, -0.2) is 8.42 Å². The lowest BCUT2D eigenvalue weighted by Gasteiger charge is -2.31. The summed E-state index contributed by atoms with van der Waals surface area (Å²) in [5, 5.41) is 0.174. The third kappa shape index (κ3) is 4.07. The minimum Gasteiger partial charge on any atom is -0.339 e. The van der Waals surface area contributed by atoms with E-state index in [1.54, 1.807) is 11.0 Å². The molecule has 0 atom stereocenters. The molecule has 2 fully saturated rings. The number of benzene rings is 1. The molecule has 1 amide bonds. The van der Waals surface area contributed by atoms with Gasteiger partial charge in [0.2, 0.25) is 10.0 Å². The fourth-order valence-electron chi connectivity index (χ4n) is 3.92. The van der Waals surface area contributed by atoms with Gasteiger partial charge in [-0.1, -0.05) is 37.3 Å². The standard InChI is InChI=1S/C19H27ClN2O3S/c1-21(16-8-4-2-5-9-16)19(23)15-10-11-17(20)18(14-15)26(24,25)22-12-6-3-7-13-22/h10-11,14,16H,2-9,12-13H2,1H3. The van der Waals surface area contributed by atoms with Crippen LogP contribution in [0.25, 0.3) is 0 Å². The van der Waals surface area contributed by atoms with Crippen molar-refractivity contribution in [2.24, 2.45) is 0 Å². The van der Waals surface area contributed by atoms with Crippen molar-refractivity contribution in [3.63, 3.8) is 0 Å². The van der Waals surface area contributed by atoms with Crippen LogP contribution in [0.5, 0.6) is 0 Å². The van der Waals surface area contributed by atoms with Gasteiger partial charge in [-0.15, -0.1) is 0 Å². The number of rotatable bonds is 4. The zero-order valence-electron chi connectivity index (χ0n) is 15.3. The topological polar surface area (TPSA) is 57.7 Å². The van der Waals surface area contributed by atoms with Gasteiger partial charge < -0.3 is 4.90 Å². The van der Waals surface area contributed by atoms with Crippen LogP contribution in [0.2, 0.25) is 5.02 Å². The summed E-state index contributed by atoms with van der Waals surface area (Å²) in [4.78, 5) is 14.7. The van der Waals surface area contributed by atoms with Crippen molar-refractivity contribution in [2.75, 3.05) is 20.1 Å². The number of hydrogen-bond acceptors (Lipinski definition) is 3. The molecule has 0 unspecified atom stereocenters. The van der Waals surface area contributed by atoms with Crippen molar-refractivity contribution in [2.45, 2.75) is 62.3 Å². The minimum atomic E-state index is -3.67. The van der Waals surface area contributed by atoms with Crippen LogP contribution in [-0.2, 0) is 10.0 Å². The van der Waals surface area contributed by atoms with E-state index < -0.39 is 10.0 Å². The lowest BCUT2D eigenvalue weighted by Crippen LogP contribution is -2.38. The second-order valence-electron chi connectivity index (χ2n) is 7.32. The predicted octanol–water partition coefficient (Wildman–Crippen LogP) is 3.92. The zero-order valence-corrected chi connectivity index (χ0v) is 16.9. The number of carbonyl (C=O) groups is 1. The monoisotopic (exact) mass is 398 g/mol. The number of amides is 1. The molecule has 0 radical (unpaired) electrons. The molecule has 26 heavy (non-hydrogen) atoms. The summed E-state index contributed by atoms with van der Waals surface area (Å²) in [7, 11) is -1.86. The van der Waals surface area contributed by atoms with E-state index in [2.05, 4.69) is 0 Å². The molecule has 1 aliphatic heterocycles. The molecule has 0 N–H and O–H groups in total. The van der Waals surface area contributed by atoms with Gasteiger partial charge in [0.15, 0.2) is 0 Å². The van der Waals surface area contributed by atoms with E-state index in [0.29, 0.717) is 18.7 Å². The summed E-state index contributed by atoms with van der Waals surface area (Å²) in [6.45, 7) is 1.03. The predicted molar refractivity (Wildman–Crippen MR) is 103 cm³/mol. The fourth-order valence-corrected chi connectivity index (χ4v) is 5.93. The van der Waals surface area contributed by atoms with Crippen LogP contribution in [0.1, 0.15) is 61.7 Å². The van der Waals surface area contributed by atoms with E-state index in [0.717, 1.165) is 44.9 Å². The summed E-state index contributed by atoms with van der Waals surface area (Å²) in [6.07, 6.45) is 8.28. The van der Waals surface area contributed by atoms with Crippen LogP contribution in [-0.4, -0.2) is 49.7 Å². The van der Waals surface area contributed by atoms with E-state index in [-0.39, 0.29) is 21.9 Å². The summed E-state index contributed by atoms with van der Waals surface area (Å²) in [6, 6.07) is 4.84. The molecule has 144 valence electrons. The lowest BCUT2D eigenvalue weighted by atomic mass is 9.94. The number of piperidine rings is 1. The van der Waals surface area contributed by atoms with Crippen molar-refractivity contribution in [3.05, 3.63) is 28.8 Å². The highest BCUT2D eigenvalue weighted by Gasteiger charge is 2.30. The Labute approximate surface area is 161 Å². The van der Waals surface area contributed by atoms with Gasteiger partial charge in [0.05, 0.1) is 5.02 Å². The first-order valence-corrected chi connectivity index (χ1v) is 11.3. The van der Waals surface area contributed by atoms with Crippen molar-refractivity contribution in [3.8, 4) is 0 Å². The molecule has 1 saturated carbocycles. The molecular weight excluding hydrogens is 372 g/mol. The average molecular weight is 399 g/mol. The van der Waals surface area contributed by atoms with Crippen LogP contribution >= 0.6 is 11.6 Å². The first-order valence-electron chi connectivity index (χ1n) is 9.48. The van der Waals surface area contributed by atoms with Crippen molar-refractivity contribution < 1.29 is 13.2 Å². The molecule has 1 aromatic rings. The van der Waals surface area contributed by atoms with E-state index in [1.807, 2.05) is 7.05 Å². The van der Waals surface area contributed by atoms with E-state index in [4.69, 9.17) is 11.6 Å². The molecule has 1 heterocycles. The van der Waals surface area contributed by atoms with Crippen LogP contribution < -0.4 is 0 Å². The van der Waals surface area contributed by atoms with Gasteiger partial charge in [-0.05, 0) is 43.9 Å². The Balaban J connectivity index is 1.86. The normalized spacial score (nSPS) is 20.1. The maximum absolute atomic E-state index is 13.0. The first kappa shape index (κ1) is 19.6. The number of hydrogen-bond donors (Lipinski definition) is 0. The summed E-state index contributed by atoms with van der Waals surface area (Å²) in [5.41, 5.74) is 0.387. The molecule has 0 spiro atoms. The fraction of sp³-hybridized carbons (Fsp3) is 0.632. The van der Waals surface area contributed by atoms with E-state index in [9.17, 15) is 13.2 Å². The number of sulfonamides is 1. The van der Waals surface area contributed by atoms with Gasteiger partial charge in [-0.2, -0.15) is 4.31 Å². The van der Waals surface area contributed by atoms with Crippen molar-refractivity contribution in [1.82, 2.24) is 9.21 Å². The quantitative estimate of drug-likeness (QED) is 0.772. The Morgan fingerprint density at radius 1 is 1.08 bits per heavy atom. The summed E-state index contributed by atoms with van der Waals surface area (Å²) >= 11 is 6.20. The van der Waals surface area contributed by atoms with Crippen LogP contribution in [0.3, 0.4) is 0 Å². The molecule has 0 aromatic heterocycles. The molecule has 0 bridgehead atoms. The smallest absolute Gasteiger partial charge is 0.253 e. The Morgan fingerprint density at radius 3 is 2.35 bits per heavy atom. The minimum absolute atomic E-state index is 0.0453. The highest BCUT2D eigenvalue weighted by Crippen LogP contribution is 2.29. The molecule has 2 aliphatic rings. The highest BCUT2D eigenvalue weighted by molar-refractivity contribution is 7.89. The van der Waals surface area contributed by atoms with Gasteiger partial charge in [-0.3, -0.25) is 4.79 Å². The number of halogens is 1. The molecule has 1 saturated heterocycles. The number of nitrogens with zero attached hydrogens (tertiary/aromatic N) is 2. The molecule has 1 aromatic carbocycles. The summed E-state index contributed by atoms with van der Waals surface area (Å²) < 4.78 is 27.4. The maximum atomic E-state index is 13.0. The molecular formula is C19H27ClN2O3S. The first-order chi connectivity index (χ1) is 12.4. The van der Waals surface area contributed by atoms with E-state index >= 15 is 0 Å². The van der Waals surface area contributed by atoms with Crippen LogP contribution in [0, 0.1) is 0 Å². The molecule has 1 aliphatic carbocycles. The van der Waals surface area contributed by atoms with Gasteiger partial charge >= 0.3 is 0 Å². The van der Waals surface area contributed by atoms with E-state index in [1.165, 1.54) is 22.9 Å². The third-order valence-electron chi connectivity index (χ3n) is 5.55.